The van der Waals surface area contributed by atoms with Crippen molar-refractivity contribution in [3.8, 4) is 0 Å². The minimum Gasteiger partial charge on any atom is -0.326 e. The molecule has 0 spiro atoms. The van der Waals surface area contributed by atoms with Gasteiger partial charge in [-0.3, -0.25) is 9.59 Å². The second-order valence-electron chi connectivity index (χ2n) is 5.07. The van der Waals surface area contributed by atoms with Gasteiger partial charge in [-0.15, -0.1) is 0 Å². The Morgan fingerprint density at radius 2 is 2.06 bits per heavy atom. The minimum absolute atomic E-state index is 0.0740. The van der Waals surface area contributed by atoms with E-state index in [2.05, 4.69) is 0 Å². The second kappa shape index (κ2) is 4.17. The normalized spacial score (nSPS) is 18.6. The SMILES string of the molecule is CC1(C)CC(=O)N(c2ccc(F)cc2CN)C1=O. The summed E-state index contributed by atoms with van der Waals surface area (Å²) >= 11 is 0. The van der Waals surface area contributed by atoms with Crippen LogP contribution in [0.15, 0.2) is 18.2 Å². The fourth-order valence-corrected chi connectivity index (χ4v) is 2.13. The van der Waals surface area contributed by atoms with Crippen LogP contribution in [0, 0.1) is 11.2 Å². The molecular weight excluding hydrogens is 235 g/mol. The van der Waals surface area contributed by atoms with Crippen LogP contribution in [0.4, 0.5) is 10.1 Å². The molecule has 1 aromatic carbocycles. The molecule has 0 radical (unpaired) electrons. The largest absolute Gasteiger partial charge is 0.326 e. The van der Waals surface area contributed by atoms with Crippen LogP contribution in [0.1, 0.15) is 25.8 Å². The molecule has 0 aromatic heterocycles. The quantitative estimate of drug-likeness (QED) is 0.810. The van der Waals surface area contributed by atoms with E-state index < -0.39 is 11.2 Å². The van der Waals surface area contributed by atoms with Gasteiger partial charge in [0.15, 0.2) is 0 Å². The Balaban J connectivity index is 2.50. The van der Waals surface area contributed by atoms with Crippen LogP contribution in [0.5, 0.6) is 0 Å². The van der Waals surface area contributed by atoms with E-state index in [1.807, 2.05) is 0 Å². The lowest BCUT2D eigenvalue weighted by molar-refractivity contribution is -0.124. The van der Waals surface area contributed by atoms with Gasteiger partial charge in [-0.05, 0) is 23.8 Å². The smallest absolute Gasteiger partial charge is 0.239 e. The number of carbonyl (C=O) groups is 2. The summed E-state index contributed by atoms with van der Waals surface area (Å²) in [4.78, 5) is 25.2. The molecule has 5 heteroatoms. The number of nitrogens with two attached hydrogens (primary N) is 1. The summed E-state index contributed by atoms with van der Waals surface area (Å²) in [5.74, 6) is -0.974. The summed E-state index contributed by atoms with van der Waals surface area (Å²) in [6.45, 7) is 3.52. The number of hydrogen-bond acceptors (Lipinski definition) is 3. The molecule has 18 heavy (non-hydrogen) atoms. The third-order valence-corrected chi connectivity index (χ3v) is 3.13. The Morgan fingerprint density at radius 1 is 1.39 bits per heavy atom. The molecule has 2 amide bonds. The Kier molecular flexibility index (Phi) is 2.94. The van der Waals surface area contributed by atoms with Gasteiger partial charge in [-0.25, -0.2) is 9.29 Å². The van der Waals surface area contributed by atoms with E-state index in [-0.39, 0.29) is 24.8 Å². The van der Waals surface area contributed by atoms with E-state index in [4.69, 9.17) is 5.73 Å². The zero-order valence-electron chi connectivity index (χ0n) is 10.4. The van der Waals surface area contributed by atoms with Crippen LogP contribution in [0.3, 0.4) is 0 Å². The molecule has 0 bridgehead atoms. The number of imide groups is 1. The van der Waals surface area contributed by atoms with Gasteiger partial charge in [0, 0.05) is 13.0 Å². The highest BCUT2D eigenvalue weighted by molar-refractivity contribution is 6.22. The lowest BCUT2D eigenvalue weighted by Gasteiger charge is -2.20. The lowest BCUT2D eigenvalue weighted by Crippen LogP contribution is -2.34. The Labute approximate surface area is 105 Å². The fourth-order valence-electron chi connectivity index (χ4n) is 2.13. The lowest BCUT2D eigenvalue weighted by atomic mass is 9.92. The Hall–Kier alpha value is -1.75. The first-order chi connectivity index (χ1) is 8.36. The van der Waals surface area contributed by atoms with Crippen molar-refractivity contribution in [2.45, 2.75) is 26.8 Å². The Bertz CT molecular complexity index is 526. The molecule has 2 rings (SSSR count). The van der Waals surface area contributed by atoms with Crippen molar-refractivity contribution in [2.75, 3.05) is 4.90 Å². The third-order valence-electron chi connectivity index (χ3n) is 3.13. The van der Waals surface area contributed by atoms with Gasteiger partial charge in [-0.1, -0.05) is 13.8 Å². The van der Waals surface area contributed by atoms with E-state index in [0.29, 0.717) is 11.3 Å². The number of hydrogen-bond donors (Lipinski definition) is 1. The molecule has 0 atom stereocenters. The van der Waals surface area contributed by atoms with Gasteiger partial charge in [0.1, 0.15) is 5.82 Å². The maximum absolute atomic E-state index is 13.1. The summed E-state index contributed by atoms with van der Waals surface area (Å²) in [5.41, 5.74) is 5.66. The van der Waals surface area contributed by atoms with Crippen LogP contribution >= 0.6 is 0 Å². The predicted molar refractivity (Wildman–Crippen MR) is 65.2 cm³/mol. The van der Waals surface area contributed by atoms with Crippen LogP contribution in [0.2, 0.25) is 0 Å². The summed E-state index contributed by atoms with van der Waals surface area (Å²) < 4.78 is 13.1. The number of halogens is 1. The maximum Gasteiger partial charge on any atom is 0.239 e. The predicted octanol–water partition coefficient (Wildman–Crippen LogP) is 1.57. The van der Waals surface area contributed by atoms with Crippen LogP contribution < -0.4 is 10.6 Å². The summed E-state index contributed by atoms with van der Waals surface area (Å²) in [5, 5.41) is 0. The van der Waals surface area contributed by atoms with Crippen molar-refractivity contribution in [1.82, 2.24) is 0 Å². The molecule has 1 aliphatic heterocycles. The molecule has 0 unspecified atom stereocenters. The highest BCUT2D eigenvalue weighted by atomic mass is 19.1. The number of carbonyl (C=O) groups excluding carboxylic acids is 2. The van der Waals surface area contributed by atoms with E-state index in [9.17, 15) is 14.0 Å². The van der Waals surface area contributed by atoms with E-state index in [1.54, 1.807) is 13.8 Å². The van der Waals surface area contributed by atoms with E-state index >= 15 is 0 Å². The van der Waals surface area contributed by atoms with Crippen LogP contribution in [0.25, 0.3) is 0 Å². The van der Waals surface area contributed by atoms with Gasteiger partial charge in [0.25, 0.3) is 0 Å². The van der Waals surface area contributed by atoms with Crippen LogP contribution in [-0.4, -0.2) is 11.8 Å². The third kappa shape index (κ3) is 1.90. The molecule has 4 nitrogen and oxygen atoms in total. The molecule has 96 valence electrons. The monoisotopic (exact) mass is 250 g/mol. The van der Waals surface area contributed by atoms with Gasteiger partial charge in [0.2, 0.25) is 11.8 Å². The molecule has 1 heterocycles. The fraction of sp³-hybridized carbons (Fsp3) is 0.385. The van der Waals surface area contributed by atoms with Crippen molar-refractivity contribution < 1.29 is 14.0 Å². The average Bonchev–Trinajstić information content (AvgIpc) is 2.49. The van der Waals surface area contributed by atoms with E-state index in [0.717, 1.165) is 4.90 Å². The van der Waals surface area contributed by atoms with Crippen LogP contribution in [-0.2, 0) is 16.1 Å². The van der Waals surface area contributed by atoms with Crippen molar-refractivity contribution in [3.63, 3.8) is 0 Å². The molecule has 2 N–H and O–H groups in total. The number of anilines is 1. The number of amides is 2. The first-order valence-electron chi connectivity index (χ1n) is 5.72. The molecule has 1 fully saturated rings. The Morgan fingerprint density at radius 3 is 2.56 bits per heavy atom. The second-order valence-corrected chi connectivity index (χ2v) is 5.07. The molecule has 1 saturated heterocycles. The first-order valence-corrected chi connectivity index (χ1v) is 5.72. The maximum atomic E-state index is 13.1. The molecule has 0 aliphatic carbocycles. The highest BCUT2D eigenvalue weighted by Crippen LogP contribution is 2.36. The minimum atomic E-state index is -0.711. The molecule has 0 saturated carbocycles. The van der Waals surface area contributed by atoms with Crippen molar-refractivity contribution in [3.05, 3.63) is 29.6 Å². The van der Waals surface area contributed by atoms with Gasteiger partial charge in [0.05, 0.1) is 11.1 Å². The average molecular weight is 250 g/mol. The zero-order valence-corrected chi connectivity index (χ0v) is 10.4. The topological polar surface area (TPSA) is 63.4 Å². The van der Waals surface area contributed by atoms with Gasteiger partial charge in [-0.2, -0.15) is 0 Å². The number of nitrogens with zero attached hydrogens (tertiary/aromatic N) is 1. The highest BCUT2D eigenvalue weighted by Gasteiger charge is 2.45. The summed E-state index contributed by atoms with van der Waals surface area (Å²) in [6, 6.07) is 3.90. The number of rotatable bonds is 2. The molecular formula is C13H15FN2O2. The number of benzene rings is 1. The standard InChI is InChI=1S/C13H15FN2O2/c1-13(2)6-11(17)16(12(13)18)10-4-3-9(14)5-8(10)7-15/h3-5H,6-7,15H2,1-2H3. The summed E-state index contributed by atoms with van der Waals surface area (Å²) in [7, 11) is 0. The first kappa shape index (κ1) is 12.7. The van der Waals surface area contributed by atoms with Crippen molar-refractivity contribution in [2.24, 2.45) is 11.1 Å². The molecule has 1 aromatic rings. The van der Waals surface area contributed by atoms with Gasteiger partial charge >= 0.3 is 0 Å². The van der Waals surface area contributed by atoms with Gasteiger partial charge < -0.3 is 5.73 Å². The zero-order chi connectivity index (χ0) is 13.5. The van der Waals surface area contributed by atoms with Crippen molar-refractivity contribution in [1.29, 1.82) is 0 Å². The van der Waals surface area contributed by atoms with E-state index in [1.165, 1.54) is 18.2 Å². The van der Waals surface area contributed by atoms with Crippen molar-refractivity contribution >= 4 is 17.5 Å². The molecule has 1 aliphatic rings. The summed E-state index contributed by atoms with van der Waals surface area (Å²) in [6.07, 6.45) is 0.160.